The Morgan fingerprint density at radius 1 is 0.683 bits per heavy atom. The van der Waals surface area contributed by atoms with Crippen molar-refractivity contribution in [2.75, 3.05) is 0 Å². The zero-order valence-corrected chi connectivity index (χ0v) is 22.8. The van der Waals surface area contributed by atoms with Gasteiger partial charge in [0.1, 0.15) is 0 Å². The van der Waals surface area contributed by atoms with Gasteiger partial charge in [0.25, 0.3) is 0 Å². The fourth-order valence-electron chi connectivity index (χ4n) is 5.40. The summed E-state index contributed by atoms with van der Waals surface area (Å²) in [6.45, 7) is 0.701. The minimum Gasteiger partial charge on any atom is -0.340 e. The lowest BCUT2D eigenvalue weighted by atomic mass is 9.99. The molecule has 5 aromatic carbocycles. The van der Waals surface area contributed by atoms with Crippen LogP contribution in [0.3, 0.4) is 0 Å². The fourth-order valence-corrected chi connectivity index (χ4v) is 6.24. The molecule has 0 saturated carbocycles. The Bertz CT molecular complexity index is 1960. The highest BCUT2D eigenvalue weighted by molar-refractivity contribution is 7.99. The molecule has 0 bridgehead atoms. The first-order chi connectivity index (χ1) is 20.2. The minimum absolute atomic E-state index is 0.00911. The Hall–Kier alpha value is -4.94. The molecule has 6 aromatic rings. The lowest BCUT2D eigenvalue weighted by Crippen LogP contribution is -2.16. The molecule has 0 atom stereocenters. The van der Waals surface area contributed by atoms with Gasteiger partial charge in [0.15, 0.2) is 5.78 Å². The van der Waals surface area contributed by atoms with Crippen molar-refractivity contribution in [2.45, 2.75) is 22.8 Å². The van der Waals surface area contributed by atoms with Crippen molar-refractivity contribution < 1.29 is 14.4 Å². The predicted molar refractivity (Wildman–Crippen MR) is 163 cm³/mol. The SMILES string of the molecule is O=C(O/N=C1\CCn2c3ccc(C(=O)c4ccc(Sc5ccccc5)cc4)cc3c3cccc1c32)c1ccccc1. The normalized spacial score (nSPS) is 13.5. The summed E-state index contributed by atoms with van der Waals surface area (Å²) in [7, 11) is 0. The van der Waals surface area contributed by atoms with Gasteiger partial charge >= 0.3 is 5.97 Å². The van der Waals surface area contributed by atoms with Gasteiger partial charge < -0.3 is 9.40 Å². The molecule has 0 N–H and O–H groups in total. The summed E-state index contributed by atoms with van der Waals surface area (Å²) >= 11 is 1.67. The van der Waals surface area contributed by atoms with Crippen LogP contribution in [0.1, 0.15) is 38.3 Å². The Morgan fingerprint density at radius 3 is 2.17 bits per heavy atom. The van der Waals surface area contributed by atoms with Gasteiger partial charge in [0.05, 0.1) is 16.8 Å². The summed E-state index contributed by atoms with van der Waals surface area (Å²) in [6.07, 6.45) is 0.631. The molecule has 1 aliphatic heterocycles. The Kier molecular flexibility index (Phi) is 6.45. The van der Waals surface area contributed by atoms with Crippen LogP contribution in [0.5, 0.6) is 0 Å². The molecule has 0 spiro atoms. The number of hydrogen-bond donors (Lipinski definition) is 0. The molecule has 0 unspecified atom stereocenters. The quantitative estimate of drug-likeness (QED) is 0.119. The van der Waals surface area contributed by atoms with E-state index in [1.165, 1.54) is 0 Å². The van der Waals surface area contributed by atoms with E-state index in [4.69, 9.17) is 4.84 Å². The van der Waals surface area contributed by atoms with Crippen LogP contribution in [0.15, 0.2) is 136 Å². The number of para-hydroxylation sites is 1. The molecule has 41 heavy (non-hydrogen) atoms. The Balaban J connectivity index is 1.19. The maximum atomic E-state index is 13.5. The first-order valence-corrected chi connectivity index (χ1v) is 14.2. The van der Waals surface area contributed by atoms with Crippen LogP contribution in [-0.2, 0) is 11.4 Å². The van der Waals surface area contributed by atoms with Crippen molar-refractivity contribution in [3.8, 4) is 0 Å². The molecule has 0 radical (unpaired) electrons. The third-order valence-electron chi connectivity index (χ3n) is 7.37. The molecule has 7 rings (SSSR count). The van der Waals surface area contributed by atoms with Crippen molar-refractivity contribution >= 4 is 51.0 Å². The van der Waals surface area contributed by atoms with Gasteiger partial charge in [-0.25, -0.2) is 4.79 Å². The summed E-state index contributed by atoms with van der Waals surface area (Å²) in [4.78, 5) is 33.5. The van der Waals surface area contributed by atoms with E-state index in [2.05, 4.69) is 27.9 Å². The highest BCUT2D eigenvalue weighted by atomic mass is 32.2. The van der Waals surface area contributed by atoms with Crippen molar-refractivity contribution in [2.24, 2.45) is 5.16 Å². The molecule has 2 heterocycles. The molecule has 0 saturated heterocycles. The largest absolute Gasteiger partial charge is 0.365 e. The zero-order valence-electron chi connectivity index (χ0n) is 22.0. The first-order valence-electron chi connectivity index (χ1n) is 13.4. The highest BCUT2D eigenvalue weighted by Crippen LogP contribution is 2.36. The van der Waals surface area contributed by atoms with Gasteiger partial charge in [-0.05, 0) is 66.7 Å². The topological polar surface area (TPSA) is 60.7 Å². The number of aryl methyl sites for hydroxylation is 1. The number of ketones is 1. The molecule has 0 fully saturated rings. The number of aromatic nitrogens is 1. The average Bonchev–Trinajstić information content (AvgIpc) is 3.36. The summed E-state index contributed by atoms with van der Waals surface area (Å²) in [5, 5.41) is 6.34. The lowest BCUT2D eigenvalue weighted by molar-refractivity contribution is 0.0515. The van der Waals surface area contributed by atoms with Crippen molar-refractivity contribution in [3.63, 3.8) is 0 Å². The third kappa shape index (κ3) is 4.72. The van der Waals surface area contributed by atoms with E-state index in [0.717, 1.165) is 42.9 Å². The van der Waals surface area contributed by atoms with Crippen molar-refractivity contribution in [1.82, 2.24) is 4.57 Å². The minimum atomic E-state index is -0.480. The maximum absolute atomic E-state index is 13.5. The first kappa shape index (κ1) is 25.1. The van der Waals surface area contributed by atoms with Crippen LogP contribution in [0.25, 0.3) is 21.8 Å². The molecule has 0 amide bonds. The molecule has 5 nitrogen and oxygen atoms in total. The fraction of sp³-hybridized carbons (Fsp3) is 0.0571. The van der Waals surface area contributed by atoms with Crippen LogP contribution >= 0.6 is 11.8 Å². The van der Waals surface area contributed by atoms with Crippen LogP contribution in [0.4, 0.5) is 0 Å². The molecule has 1 aromatic heterocycles. The van der Waals surface area contributed by atoms with E-state index >= 15 is 0 Å². The number of carbonyl (C=O) groups is 2. The summed E-state index contributed by atoms with van der Waals surface area (Å²) in [6, 6.07) is 38.8. The van der Waals surface area contributed by atoms with Gasteiger partial charge in [-0.1, -0.05) is 71.5 Å². The number of hydrogen-bond acceptors (Lipinski definition) is 5. The summed E-state index contributed by atoms with van der Waals surface area (Å²) < 4.78 is 2.27. The molecule has 6 heteroatoms. The summed E-state index contributed by atoms with van der Waals surface area (Å²) in [5.74, 6) is -0.489. The number of benzene rings is 5. The second-order valence-electron chi connectivity index (χ2n) is 9.89. The van der Waals surface area contributed by atoms with E-state index in [0.29, 0.717) is 29.7 Å². The Labute approximate surface area is 241 Å². The molecule has 0 aliphatic carbocycles. The van der Waals surface area contributed by atoms with Crippen LogP contribution in [0, 0.1) is 0 Å². The van der Waals surface area contributed by atoms with Crippen LogP contribution in [-0.4, -0.2) is 22.0 Å². The van der Waals surface area contributed by atoms with E-state index in [9.17, 15) is 9.59 Å². The lowest BCUT2D eigenvalue weighted by Gasteiger charge is -2.18. The van der Waals surface area contributed by atoms with Gasteiger partial charge in [0, 0.05) is 55.7 Å². The number of fused-ring (bicyclic) bond motifs is 3. The van der Waals surface area contributed by atoms with Gasteiger partial charge in [0.2, 0.25) is 0 Å². The average molecular weight is 553 g/mol. The number of oxime groups is 1. The highest BCUT2D eigenvalue weighted by Gasteiger charge is 2.23. The van der Waals surface area contributed by atoms with E-state index in [-0.39, 0.29) is 5.78 Å². The van der Waals surface area contributed by atoms with Crippen molar-refractivity contribution in [1.29, 1.82) is 0 Å². The van der Waals surface area contributed by atoms with Gasteiger partial charge in [-0.3, -0.25) is 4.79 Å². The molecular weight excluding hydrogens is 528 g/mol. The maximum Gasteiger partial charge on any atom is 0.365 e. The number of carbonyl (C=O) groups excluding carboxylic acids is 2. The van der Waals surface area contributed by atoms with Gasteiger partial charge in [-0.15, -0.1) is 0 Å². The van der Waals surface area contributed by atoms with Crippen molar-refractivity contribution in [3.05, 3.63) is 144 Å². The zero-order chi connectivity index (χ0) is 27.8. The van der Waals surface area contributed by atoms with E-state index in [1.54, 1.807) is 36.0 Å². The number of rotatable bonds is 6. The van der Waals surface area contributed by atoms with Crippen LogP contribution < -0.4 is 0 Å². The smallest absolute Gasteiger partial charge is 0.340 e. The number of nitrogens with zero attached hydrogens (tertiary/aromatic N) is 2. The second-order valence-corrected chi connectivity index (χ2v) is 11.0. The second kappa shape index (κ2) is 10.6. The van der Waals surface area contributed by atoms with Crippen LogP contribution in [0.2, 0.25) is 0 Å². The monoisotopic (exact) mass is 552 g/mol. The molecular formula is C35H24N2O3S. The van der Waals surface area contributed by atoms with Gasteiger partial charge in [-0.2, -0.15) is 0 Å². The predicted octanol–water partition coefficient (Wildman–Crippen LogP) is 8.14. The molecule has 1 aliphatic rings. The molecule has 198 valence electrons. The van der Waals surface area contributed by atoms with E-state index < -0.39 is 5.97 Å². The Morgan fingerprint density at radius 2 is 1.39 bits per heavy atom. The third-order valence-corrected chi connectivity index (χ3v) is 8.39. The summed E-state index contributed by atoms with van der Waals surface area (Å²) in [5.41, 5.74) is 5.54. The standard InChI is InChI=1S/C35H24N2O3S/c38-34(23-14-17-27(18-15-23)41-26-10-5-2-6-11-26)25-16-19-32-30(22-25)28-12-7-13-29-31(20-21-37(32)33(28)29)36-40-35(39)24-8-3-1-4-9-24/h1-19,22H,20-21H2/b36-31+. The van der Waals surface area contributed by atoms with E-state index in [1.807, 2.05) is 78.9 Å².